The van der Waals surface area contributed by atoms with Crippen molar-refractivity contribution in [2.45, 2.75) is 51.6 Å². The fraction of sp³-hybridized carbons (Fsp3) is 0.536. The third-order valence-electron chi connectivity index (χ3n) is 7.23. The van der Waals surface area contributed by atoms with Gasteiger partial charge in [0.25, 0.3) is 5.91 Å². The molecule has 3 heterocycles. The maximum absolute atomic E-state index is 13.0. The molecule has 0 aliphatic carbocycles. The first kappa shape index (κ1) is 31.4. The number of anilines is 2. The predicted octanol–water partition coefficient (Wildman–Crippen LogP) is 0.0619. The summed E-state index contributed by atoms with van der Waals surface area (Å²) in [5, 5.41) is 5.87. The van der Waals surface area contributed by atoms with Crippen LogP contribution in [0.3, 0.4) is 0 Å². The van der Waals surface area contributed by atoms with Crippen molar-refractivity contribution in [1.29, 1.82) is 0 Å². The van der Waals surface area contributed by atoms with E-state index >= 15 is 0 Å². The molecule has 0 saturated carbocycles. The van der Waals surface area contributed by atoms with Gasteiger partial charge in [-0.2, -0.15) is 6.42 Å². The molecule has 10 heteroatoms. The first-order valence-electron chi connectivity index (χ1n) is 13.3. The smallest absolute Gasteiger partial charge is 0.378 e. The van der Waals surface area contributed by atoms with Gasteiger partial charge in [-0.15, -0.1) is 0 Å². The van der Waals surface area contributed by atoms with Gasteiger partial charge >= 0.3 is 68.9 Å². The fourth-order valence-corrected chi connectivity index (χ4v) is 5.18. The largest absolute Gasteiger partial charge is 1.00 e. The van der Waals surface area contributed by atoms with Crippen molar-refractivity contribution in [2.24, 2.45) is 5.92 Å². The van der Waals surface area contributed by atoms with Crippen LogP contribution in [0.2, 0.25) is 0 Å². The van der Waals surface area contributed by atoms with Crippen LogP contribution >= 0.6 is 0 Å². The van der Waals surface area contributed by atoms with Crippen LogP contribution < -0.4 is 89.3 Å². The number of nitrogens with one attached hydrogen (secondary N) is 2. The number of hydrogen-bond acceptors (Lipinski definition) is 7. The molecular weight excluding hydrogens is 601 g/mol. The number of hydrogen-bond donors (Lipinski definition) is 2. The fourth-order valence-electron chi connectivity index (χ4n) is 5.18. The van der Waals surface area contributed by atoms with Gasteiger partial charge < -0.3 is 32.1 Å². The van der Waals surface area contributed by atoms with Crippen molar-refractivity contribution < 1.29 is 83.2 Å². The van der Waals surface area contributed by atoms with Gasteiger partial charge in [0.05, 0.1) is 24.9 Å². The van der Waals surface area contributed by atoms with Gasteiger partial charge in [0, 0.05) is 44.0 Å². The van der Waals surface area contributed by atoms with Crippen LogP contribution in [0.1, 0.15) is 60.5 Å². The first-order chi connectivity index (χ1) is 17.9. The number of ether oxygens (including phenoxy) is 1. The van der Waals surface area contributed by atoms with Crippen molar-refractivity contribution in [3.63, 3.8) is 0 Å². The molecule has 2 aliphatic rings. The second-order valence-corrected chi connectivity index (χ2v) is 9.92. The van der Waals surface area contributed by atoms with E-state index in [0.29, 0.717) is 17.3 Å². The zero-order valence-electron chi connectivity index (χ0n) is 23.2. The summed E-state index contributed by atoms with van der Waals surface area (Å²) in [5.41, 5.74) is 2.41. The number of carbonyl (C=O) groups is 2. The Hall–Kier alpha value is -1.15. The van der Waals surface area contributed by atoms with Crippen LogP contribution in [-0.4, -0.2) is 67.7 Å². The molecule has 2 aromatic rings. The van der Waals surface area contributed by atoms with E-state index < -0.39 is 0 Å². The molecule has 0 radical (unpaired) electrons. The van der Waals surface area contributed by atoms with Gasteiger partial charge in [0.2, 0.25) is 5.91 Å². The Balaban J connectivity index is 0.00000400. The quantitative estimate of drug-likeness (QED) is 0.375. The maximum atomic E-state index is 13.0. The normalized spacial score (nSPS) is 20.0. The Kier molecular flexibility index (Phi) is 12.4. The summed E-state index contributed by atoms with van der Waals surface area (Å²) in [4.78, 5) is 39.3. The zero-order chi connectivity index (χ0) is 26.4. The van der Waals surface area contributed by atoms with Crippen molar-refractivity contribution in [3.8, 4) is 0 Å². The minimum atomic E-state index is -0.324. The molecule has 9 nitrogen and oxygen atoms in total. The SMILES string of the molecule is [CH2-]CCC[C@H]1C[C@@H](C(=O)NC)N(c2cc([C@H](C)NC(=O)c3ccc(N4CCOCC4)cc3)nc(C)n2)C1.[Cs+]. The summed E-state index contributed by atoms with van der Waals surface area (Å²) >= 11 is 0. The van der Waals surface area contributed by atoms with Gasteiger partial charge in [0.1, 0.15) is 17.7 Å². The Morgan fingerprint density at radius 1 is 1.18 bits per heavy atom. The van der Waals surface area contributed by atoms with E-state index in [2.05, 4.69) is 37.3 Å². The van der Waals surface area contributed by atoms with Gasteiger partial charge in [-0.1, -0.05) is 12.8 Å². The van der Waals surface area contributed by atoms with Gasteiger partial charge in [-0.3, -0.25) is 9.59 Å². The molecule has 2 amide bonds. The van der Waals surface area contributed by atoms with Crippen LogP contribution in [0.25, 0.3) is 0 Å². The van der Waals surface area contributed by atoms with Crippen LogP contribution in [0.15, 0.2) is 30.3 Å². The monoisotopic (exact) mass is 640 g/mol. The minimum absolute atomic E-state index is 0. The summed E-state index contributed by atoms with van der Waals surface area (Å²) < 4.78 is 5.42. The second kappa shape index (κ2) is 15.0. The first-order valence-corrected chi connectivity index (χ1v) is 13.3. The number of benzene rings is 1. The minimum Gasteiger partial charge on any atom is -0.378 e. The number of likely N-dealkylation sites (N-methyl/N-ethyl adjacent to an activating group) is 1. The topological polar surface area (TPSA) is 99.7 Å². The van der Waals surface area contributed by atoms with E-state index in [4.69, 9.17) is 4.74 Å². The molecule has 2 aliphatic heterocycles. The number of aromatic nitrogens is 2. The van der Waals surface area contributed by atoms with Crippen molar-refractivity contribution in [2.75, 3.05) is 49.7 Å². The molecule has 4 rings (SSSR count). The molecule has 3 atom stereocenters. The van der Waals surface area contributed by atoms with E-state index in [9.17, 15) is 9.59 Å². The van der Waals surface area contributed by atoms with E-state index in [-0.39, 0.29) is 92.8 Å². The summed E-state index contributed by atoms with van der Waals surface area (Å²) in [6.07, 6.45) is 3.78. The van der Waals surface area contributed by atoms with Gasteiger partial charge in [0.15, 0.2) is 0 Å². The molecule has 0 bridgehead atoms. The molecule has 200 valence electrons. The van der Waals surface area contributed by atoms with Crippen LogP contribution in [0, 0.1) is 19.8 Å². The Bertz CT molecular complexity index is 1080. The molecule has 2 fully saturated rings. The summed E-state index contributed by atoms with van der Waals surface area (Å²) in [6.45, 7) is 11.6. The number of aryl methyl sites for hydroxylation is 1. The average Bonchev–Trinajstić information content (AvgIpc) is 3.36. The molecule has 38 heavy (non-hydrogen) atoms. The maximum Gasteiger partial charge on any atom is 1.00 e. The summed E-state index contributed by atoms with van der Waals surface area (Å²) in [6, 6.07) is 8.98. The Labute approximate surface area is 285 Å². The molecule has 1 aromatic carbocycles. The van der Waals surface area contributed by atoms with Crippen molar-refractivity contribution in [3.05, 3.63) is 54.3 Å². The zero-order valence-corrected chi connectivity index (χ0v) is 29.5. The average molecular weight is 641 g/mol. The van der Waals surface area contributed by atoms with Crippen LogP contribution in [0.5, 0.6) is 0 Å². The van der Waals surface area contributed by atoms with Gasteiger partial charge in [-0.25, -0.2) is 9.97 Å². The number of carbonyl (C=O) groups excluding carboxylic acids is 2. The van der Waals surface area contributed by atoms with Crippen molar-refractivity contribution in [1.82, 2.24) is 20.6 Å². The summed E-state index contributed by atoms with van der Waals surface area (Å²) in [7, 11) is 1.67. The van der Waals surface area contributed by atoms with E-state index in [1.54, 1.807) is 7.05 Å². The number of amides is 2. The third kappa shape index (κ3) is 7.96. The molecule has 2 N–H and O–H groups in total. The van der Waals surface area contributed by atoms with Crippen molar-refractivity contribution >= 4 is 23.3 Å². The standard InChI is InChI=1S/C28H39N6O3.Cs/c1-5-6-7-21-16-25(28(36)29-4)34(18-21)26-17-24(31-20(3)32-26)19(2)30-27(35)22-8-10-23(11-9-22)33-12-14-37-15-13-33;/h8-11,17,19,21,25H,1,5-7,12-16,18H2,2-4H3,(H,29,36)(H,30,35);/q-1;+1/t19-,21-,25-;/m0./s1. The van der Waals surface area contributed by atoms with Gasteiger partial charge in [-0.05, 0) is 50.5 Å². The number of morpholine rings is 1. The molecule has 1 aromatic heterocycles. The predicted molar refractivity (Wildman–Crippen MR) is 145 cm³/mol. The molecular formula is C28H39CsN6O3. The molecule has 0 unspecified atom stereocenters. The number of nitrogens with zero attached hydrogens (tertiary/aromatic N) is 4. The van der Waals surface area contributed by atoms with E-state index in [1.165, 1.54) is 0 Å². The second-order valence-electron chi connectivity index (χ2n) is 9.92. The Morgan fingerprint density at radius 2 is 1.89 bits per heavy atom. The number of rotatable bonds is 9. The van der Waals surface area contributed by atoms with Crippen LogP contribution in [-0.2, 0) is 9.53 Å². The summed E-state index contributed by atoms with van der Waals surface area (Å²) in [5.74, 6) is 1.60. The third-order valence-corrected chi connectivity index (χ3v) is 7.23. The number of unbranched alkanes of at least 4 members (excludes halogenated alkanes) is 1. The molecule has 2 saturated heterocycles. The Morgan fingerprint density at radius 3 is 2.55 bits per heavy atom. The van der Waals surface area contributed by atoms with E-state index in [0.717, 1.165) is 75.7 Å². The molecule has 0 spiro atoms. The van der Waals surface area contributed by atoms with E-state index in [1.807, 2.05) is 44.2 Å². The van der Waals surface area contributed by atoms with Crippen LogP contribution in [0.4, 0.5) is 11.5 Å².